The van der Waals surface area contributed by atoms with Crippen LogP contribution in [0.15, 0.2) is 11.6 Å². The summed E-state index contributed by atoms with van der Waals surface area (Å²) >= 11 is 0. The van der Waals surface area contributed by atoms with Crippen LogP contribution in [0.5, 0.6) is 0 Å². The van der Waals surface area contributed by atoms with Crippen molar-refractivity contribution in [2.24, 2.45) is 0 Å². The van der Waals surface area contributed by atoms with Crippen LogP contribution >= 0.6 is 0 Å². The molecule has 0 aromatic carbocycles. The lowest BCUT2D eigenvalue weighted by Gasteiger charge is -2.27. The van der Waals surface area contributed by atoms with Crippen molar-refractivity contribution in [2.45, 2.75) is 38.8 Å². The molecule has 1 amide bonds. The molecule has 3 heteroatoms. The minimum absolute atomic E-state index is 0.108. The van der Waals surface area contributed by atoms with E-state index in [1.165, 1.54) is 5.57 Å². The van der Waals surface area contributed by atoms with E-state index in [4.69, 9.17) is 4.74 Å². The van der Waals surface area contributed by atoms with Crippen molar-refractivity contribution in [3.05, 3.63) is 11.6 Å². The quantitative estimate of drug-likeness (QED) is 0.578. The van der Waals surface area contributed by atoms with E-state index in [1.807, 2.05) is 4.90 Å². The van der Waals surface area contributed by atoms with Gasteiger partial charge in [-0.15, -0.1) is 0 Å². The molecule has 1 fully saturated rings. The van der Waals surface area contributed by atoms with Gasteiger partial charge in [0.1, 0.15) is 6.10 Å². The van der Waals surface area contributed by atoms with Gasteiger partial charge in [-0.25, -0.2) is 4.79 Å². The predicted molar refractivity (Wildman–Crippen MR) is 49.4 cm³/mol. The third-order valence-electron chi connectivity index (χ3n) is 2.85. The smallest absolute Gasteiger partial charge is 0.410 e. The molecule has 2 rings (SSSR count). The summed E-state index contributed by atoms with van der Waals surface area (Å²) in [5, 5.41) is 0. The lowest BCUT2D eigenvalue weighted by Crippen LogP contribution is -2.39. The lowest BCUT2D eigenvalue weighted by atomic mass is 9.99. The molecule has 1 saturated heterocycles. The van der Waals surface area contributed by atoms with Crippen LogP contribution in [-0.2, 0) is 4.74 Å². The average Bonchev–Trinajstić information content (AvgIpc) is 2.43. The summed E-state index contributed by atoms with van der Waals surface area (Å²) in [4.78, 5) is 13.3. The van der Waals surface area contributed by atoms with Gasteiger partial charge in [-0.3, -0.25) is 4.90 Å². The van der Waals surface area contributed by atoms with E-state index >= 15 is 0 Å². The van der Waals surface area contributed by atoms with Crippen LogP contribution in [-0.4, -0.2) is 29.7 Å². The van der Waals surface area contributed by atoms with Crippen molar-refractivity contribution in [2.75, 3.05) is 6.54 Å². The zero-order chi connectivity index (χ0) is 9.42. The van der Waals surface area contributed by atoms with Gasteiger partial charge in [0.05, 0.1) is 6.04 Å². The number of cyclic esters (lactones) is 1. The number of amides is 1. The summed E-state index contributed by atoms with van der Waals surface area (Å²) in [7, 11) is 0. The van der Waals surface area contributed by atoms with Crippen molar-refractivity contribution in [3.8, 4) is 0 Å². The van der Waals surface area contributed by atoms with Gasteiger partial charge >= 0.3 is 6.09 Å². The number of carbonyl (C=O) groups excluding carboxylic acids is 1. The van der Waals surface area contributed by atoms with Gasteiger partial charge in [-0.1, -0.05) is 18.6 Å². The van der Waals surface area contributed by atoms with E-state index in [-0.39, 0.29) is 12.2 Å². The summed E-state index contributed by atoms with van der Waals surface area (Å²) in [5.41, 5.74) is 1.27. The summed E-state index contributed by atoms with van der Waals surface area (Å²) in [5.74, 6) is 0. The van der Waals surface area contributed by atoms with Crippen molar-refractivity contribution in [3.63, 3.8) is 0 Å². The van der Waals surface area contributed by atoms with Gasteiger partial charge < -0.3 is 4.74 Å². The predicted octanol–water partition coefficient (Wildman–Crippen LogP) is 1.94. The van der Waals surface area contributed by atoms with E-state index in [9.17, 15) is 4.79 Å². The maximum Gasteiger partial charge on any atom is 0.410 e. The van der Waals surface area contributed by atoms with Gasteiger partial charge in [-0.2, -0.15) is 0 Å². The fourth-order valence-electron chi connectivity index (χ4n) is 2.08. The molecule has 0 aromatic rings. The van der Waals surface area contributed by atoms with Crippen LogP contribution in [0.3, 0.4) is 0 Å². The molecule has 0 bridgehead atoms. The normalized spacial score (nSPS) is 32.6. The van der Waals surface area contributed by atoms with Crippen LogP contribution < -0.4 is 0 Å². The molecule has 2 aliphatic heterocycles. The molecular weight excluding hydrogens is 166 g/mol. The Morgan fingerprint density at radius 2 is 2.46 bits per heavy atom. The highest BCUT2D eigenvalue weighted by atomic mass is 16.6. The Bertz CT molecular complexity index is 260. The van der Waals surface area contributed by atoms with Gasteiger partial charge in [0.15, 0.2) is 0 Å². The van der Waals surface area contributed by atoms with E-state index in [0.29, 0.717) is 6.04 Å². The van der Waals surface area contributed by atoms with Crippen LogP contribution in [0.4, 0.5) is 4.79 Å². The minimum Gasteiger partial charge on any atom is -0.444 e. The number of hydrogen-bond donors (Lipinski definition) is 0. The van der Waals surface area contributed by atoms with Crippen molar-refractivity contribution in [1.82, 2.24) is 4.90 Å². The van der Waals surface area contributed by atoms with E-state index in [1.54, 1.807) is 0 Å². The summed E-state index contributed by atoms with van der Waals surface area (Å²) in [6, 6.07) is 0.293. The molecule has 0 aromatic heterocycles. The van der Waals surface area contributed by atoms with Crippen molar-refractivity contribution < 1.29 is 9.53 Å². The highest BCUT2D eigenvalue weighted by Crippen LogP contribution is 2.28. The highest BCUT2D eigenvalue weighted by molar-refractivity contribution is 5.71. The summed E-state index contributed by atoms with van der Waals surface area (Å²) < 4.78 is 5.26. The Hall–Kier alpha value is -0.990. The van der Waals surface area contributed by atoms with Gasteiger partial charge in [-0.05, 0) is 19.8 Å². The second kappa shape index (κ2) is 3.05. The number of nitrogens with zero attached hydrogens (tertiary/aromatic N) is 1. The molecule has 0 spiro atoms. The maximum atomic E-state index is 11.4. The highest BCUT2D eigenvalue weighted by Gasteiger charge is 2.41. The van der Waals surface area contributed by atoms with E-state index in [2.05, 4.69) is 19.9 Å². The number of rotatable bonds is 1. The molecule has 2 aliphatic rings. The first-order chi connectivity index (χ1) is 6.22. The van der Waals surface area contributed by atoms with Gasteiger partial charge in [0.25, 0.3) is 0 Å². The maximum absolute atomic E-state index is 11.4. The molecular formula is C10H15NO2. The average molecular weight is 181 g/mol. The summed E-state index contributed by atoms with van der Waals surface area (Å²) in [6.07, 6.45) is 4.06. The van der Waals surface area contributed by atoms with Crippen LogP contribution in [0, 0.1) is 0 Å². The molecule has 0 aliphatic carbocycles. The second-order valence-electron chi connectivity index (χ2n) is 3.81. The minimum atomic E-state index is -0.135. The van der Waals surface area contributed by atoms with Crippen molar-refractivity contribution in [1.29, 1.82) is 0 Å². The molecule has 72 valence electrons. The first-order valence-electron chi connectivity index (χ1n) is 4.85. The molecule has 0 unspecified atom stereocenters. The molecule has 0 radical (unpaired) electrons. The summed E-state index contributed by atoms with van der Waals surface area (Å²) in [6.45, 7) is 4.87. The third-order valence-corrected chi connectivity index (χ3v) is 2.85. The van der Waals surface area contributed by atoms with E-state index in [0.717, 1.165) is 19.4 Å². The first-order valence-corrected chi connectivity index (χ1v) is 4.85. The van der Waals surface area contributed by atoms with E-state index < -0.39 is 0 Å². The number of hydrogen-bond acceptors (Lipinski definition) is 2. The molecule has 2 atom stereocenters. The zero-order valence-corrected chi connectivity index (χ0v) is 8.12. The fraction of sp³-hybridized carbons (Fsp3) is 0.700. The molecule has 3 nitrogen and oxygen atoms in total. The Labute approximate surface area is 78.4 Å². The van der Waals surface area contributed by atoms with Crippen LogP contribution in [0.25, 0.3) is 0 Å². The lowest BCUT2D eigenvalue weighted by molar-refractivity contribution is 0.128. The molecule has 2 heterocycles. The largest absolute Gasteiger partial charge is 0.444 e. The van der Waals surface area contributed by atoms with Crippen LogP contribution in [0.2, 0.25) is 0 Å². The van der Waals surface area contributed by atoms with Crippen LogP contribution in [0.1, 0.15) is 26.7 Å². The SMILES string of the molecule is CC[C@@H]1OC(=O)N2CC(C)=CC[C@@H]12. The molecule has 13 heavy (non-hydrogen) atoms. The Balaban J connectivity index is 2.18. The van der Waals surface area contributed by atoms with Gasteiger partial charge in [0, 0.05) is 6.54 Å². The number of carbonyl (C=O) groups is 1. The zero-order valence-electron chi connectivity index (χ0n) is 8.12. The Morgan fingerprint density at radius 1 is 1.69 bits per heavy atom. The Morgan fingerprint density at radius 3 is 3.15 bits per heavy atom. The fourth-order valence-corrected chi connectivity index (χ4v) is 2.08. The second-order valence-corrected chi connectivity index (χ2v) is 3.81. The monoisotopic (exact) mass is 181 g/mol. The number of ether oxygens (including phenoxy) is 1. The number of fused-ring (bicyclic) bond motifs is 1. The third kappa shape index (κ3) is 1.32. The topological polar surface area (TPSA) is 29.5 Å². The Kier molecular flexibility index (Phi) is 2.02. The van der Waals surface area contributed by atoms with Crippen molar-refractivity contribution >= 4 is 6.09 Å². The standard InChI is InChI=1S/C10H15NO2/c1-3-9-8-5-4-7(2)6-11(8)10(12)13-9/h4,8-9H,3,5-6H2,1-2H3/t8-,9-/m0/s1. The molecule has 0 N–H and O–H groups in total. The first kappa shape index (κ1) is 8.60. The van der Waals surface area contributed by atoms with Gasteiger partial charge in [0.2, 0.25) is 0 Å². The molecule has 0 saturated carbocycles.